The lowest BCUT2D eigenvalue weighted by atomic mass is 10.3. The molecule has 90 valence electrons. The summed E-state index contributed by atoms with van der Waals surface area (Å²) in [4.78, 5) is 0. The van der Waals surface area contributed by atoms with E-state index in [9.17, 15) is 0 Å². The van der Waals surface area contributed by atoms with Gasteiger partial charge in [-0.3, -0.25) is 5.84 Å². The molecule has 0 spiro atoms. The zero-order valence-electron chi connectivity index (χ0n) is 9.90. The van der Waals surface area contributed by atoms with Gasteiger partial charge in [0.2, 0.25) is 5.75 Å². The molecule has 0 unspecified atom stereocenters. The van der Waals surface area contributed by atoms with Crippen molar-refractivity contribution in [2.75, 3.05) is 34.4 Å². The van der Waals surface area contributed by atoms with E-state index in [0.29, 0.717) is 30.4 Å². The summed E-state index contributed by atoms with van der Waals surface area (Å²) in [5.74, 6) is 7.40. The van der Waals surface area contributed by atoms with E-state index in [2.05, 4.69) is 0 Å². The third kappa shape index (κ3) is 3.29. The molecule has 5 nitrogen and oxygen atoms in total. The molecule has 5 heteroatoms. The summed E-state index contributed by atoms with van der Waals surface area (Å²) in [6.45, 7) is 1.10. The molecule has 0 atom stereocenters. The molecule has 2 N–H and O–H groups in total. The van der Waals surface area contributed by atoms with Gasteiger partial charge in [-0.15, -0.1) is 0 Å². The molecule has 16 heavy (non-hydrogen) atoms. The van der Waals surface area contributed by atoms with Gasteiger partial charge >= 0.3 is 0 Å². The van der Waals surface area contributed by atoms with Crippen LogP contribution in [0.5, 0.6) is 17.2 Å². The summed E-state index contributed by atoms with van der Waals surface area (Å²) in [7, 11) is 4.97. The highest BCUT2D eigenvalue weighted by atomic mass is 16.5. The largest absolute Gasteiger partial charge is 0.493 e. The Bertz CT molecular complexity index is 307. The van der Waals surface area contributed by atoms with Gasteiger partial charge in [0.1, 0.15) is 6.61 Å². The number of nitrogens with two attached hydrogens (primary N) is 1. The zero-order valence-corrected chi connectivity index (χ0v) is 9.90. The minimum atomic E-state index is 0.476. The van der Waals surface area contributed by atoms with Crippen molar-refractivity contribution in [1.82, 2.24) is 5.01 Å². The monoisotopic (exact) mass is 226 g/mol. The molecular formula is C11H18N2O3. The van der Waals surface area contributed by atoms with Crippen molar-refractivity contribution in [2.45, 2.75) is 0 Å². The predicted molar refractivity (Wildman–Crippen MR) is 61.9 cm³/mol. The predicted octanol–water partition coefficient (Wildman–Crippen LogP) is 0.888. The van der Waals surface area contributed by atoms with Crippen LogP contribution < -0.4 is 20.1 Å². The molecule has 0 heterocycles. The Balaban J connectivity index is 2.74. The Labute approximate surface area is 95.7 Å². The zero-order chi connectivity index (χ0) is 12.0. The van der Waals surface area contributed by atoms with Crippen LogP contribution in [0.15, 0.2) is 18.2 Å². The number of hydrogen-bond acceptors (Lipinski definition) is 5. The van der Waals surface area contributed by atoms with E-state index in [-0.39, 0.29) is 0 Å². The first-order chi connectivity index (χ1) is 7.69. The van der Waals surface area contributed by atoms with E-state index in [0.717, 1.165) is 0 Å². The van der Waals surface area contributed by atoms with Crippen LogP contribution in [0.2, 0.25) is 0 Å². The van der Waals surface area contributed by atoms with Crippen molar-refractivity contribution in [1.29, 1.82) is 0 Å². The van der Waals surface area contributed by atoms with Gasteiger partial charge in [-0.1, -0.05) is 6.07 Å². The van der Waals surface area contributed by atoms with E-state index >= 15 is 0 Å². The van der Waals surface area contributed by atoms with E-state index in [1.54, 1.807) is 26.3 Å². The fourth-order valence-electron chi connectivity index (χ4n) is 1.25. The number of benzene rings is 1. The van der Waals surface area contributed by atoms with Gasteiger partial charge in [0.15, 0.2) is 11.5 Å². The van der Waals surface area contributed by atoms with Crippen LogP contribution in [0, 0.1) is 0 Å². The summed E-state index contributed by atoms with van der Waals surface area (Å²) in [6, 6.07) is 5.49. The van der Waals surface area contributed by atoms with Crippen LogP contribution in [0.25, 0.3) is 0 Å². The second kappa shape index (κ2) is 6.19. The third-order valence-electron chi connectivity index (χ3n) is 2.07. The molecule has 0 aliphatic rings. The maximum atomic E-state index is 5.59. The Morgan fingerprint density at radius 3 is 2.19 bits per heavy atom. The van der Waals surface area contributed by atoms with Crippen molar-refractivity contribution < 1.29 is 14.2 Å². The van der Waals surface area contributed by atoms with E-state index in [4.69, 9.17) is 20.1 Å². The highest BCUT2D eigenvalue weighted by Gasteiger charge is 2.10. The van der Waals surface area contributed by atoms with Crippen LogP contribution in [0.1, 0.15) is 0 Å². The van der Waals surface area contributed by atoms with Crippen molar-refractivity contribution in [2.24, 2.45) is 5.84 Å². The molecule has 0 amide bonds. The van der Waals surface area contributed by atoms with Crippen molar-refractivity contribution in [3.05, 3.63) is 18.2 Å². The van der Waals surface area contributed by atoms with E-state index in [1.165, 1.54) is 0 Å². The van der Waals surface area contributed by atoms with Crippen LogP contribution in [0.4, 0.5) is 0 Å². The highest BCUT2D eigenvalue weighted by molar-refractivity contribution is 5.51. The average molecular weight is 226 g/mol. The normalized spacial score (nSPS) is 10.3. The second-order valence-corrected chi connectivity index (χ2v) is 3.32. The quantitative estimate of drug-likeness (QED) is 0.576. The Hall–Kier alpha value is -1.46. The lowest BCUT2D eigenvalue weighted by molar-refractivity contribution is 0.225. The first-order valence-electron chi connectivity index (χ1n) is 4.98. The topological polar surface area (TPSA) is 57.0 Å². The van der Waals surface area contributed by atoms with Gasteiger partial charge in [-0.2, -0.15) is 0 Å². The van der Waals surface area contributed by atoms with Gasteiger partial charge in [0.25, 0.3) is 0 Å². The SMILES string of the molecule is COc1cccc(OC)c1OCCN(C)N. The molecule has 1 rings (SSSR count). The van der Waals surface area contributed by atoms with Crippen LogP contribution >= 0.6 is 0 Å². The molecule has 0 fully saturated rings. The van der Waals surface area contributed by atoms with E-state index < -0.39 is 0 Å². The van der Waals surface area contributed by atoms with Crippen molar-refractivity contribution in [3.63, 3.8) is 0 Å². The minimum absolute atomic E-state index is 0.476. The van der Waals surface area contributed by atoms with Gasteiger partial charge < -0.3 is 14.2 Å². The van der Waals surface area contributed by atoms with Gasteiger partial charge in [-0.25, -0.2) is 5.01 Å². The van der Waals surface area contributed by atoms with Gasteiger partial charge in [-0.05, 0) is 12.1 Å². The molecule has 1 aromatic carbocycles. The first kappa shape index (κ1) is 12.6. The average Bonchev–Trinajstić information content (AvgIpc) is 2.28. The van der Waals surface area contributed by atoms with Gasteiger partial charge in [0, 0.05) is 13.6 Å². The summed E-state index contributed by atoms with van der Waals surface area (Å²) in [5, 5.41) is 1.56. The molecule has 0 aliphatic heterocycles. The Morgan fingerprint density at radius 1 is 1.19 bits per heavy atom. The fourth-order valence-corrected chi connectivity index (χ4v) is 1.25. The maximum Gasteiger partial charge on any atom is 0.203 e. The number of para-hydroxylation sites is 1. The van der Waals surface area contributed by atoms with E-state index in [1.807, 2.05) is 18.2 Å². The molecule has 0 saturated carbocycles. The summed E-state index contributed by atoms with van der Waals surface area (Å²) in [5.41, 5.74) is 0. The number of hydrogen-bond donors (Lipinski definition) is 1. The molecule has 1 aromatic rings. The smallest absolute Gasteiger partial charge is 0.203 e. The third-order valence-corrected chi connectivity index (χ3v) is 2.07. The molecule has 0 aliphatic carbocycles. The molecule has 0 saturated heterocycles. The number of likely N-dealkylation sites (N-methyl/N-ethyl adjacent to an activating group) is 1. The fraction of sp³-hybridized carbons (Fsp3) is 0.455. The number of nitrogens with zero attached hydrogens (tertiary/aromatic N) is 1. The maximum absolute atomic E-state index is 5.59. The molecule has 0 radical (unpaired) electrons. The Kier molecular flexibility index (Phi) is 4.88. The lowest BCUT2D eigenvalue weighted by Gasteiger charge is -2.15. The number of rotatable bonds is 6. The van der Waals surface area contributed by atoms with Crippen LogP contribution in [-0.2, 0) is 0 Å². The van der Waals surface area contributed by atoms with Crippen LogP contribution in [0.3, 0.4) is 0 Å². The number of hydrazine groups is 1. The first-order valence-corrected chi connectivity index (χ1v) is 4.98. The molecule has 0 aromatic heterocycles. The van der Waals surface area contributed by atoms with Crippen molar-refractivity contribution in [3.8, 4) is 17.2 Å². The van der Waals surface area contributed by atoms with Crippen LogP contribution in [-0.4, -0.2) is 39.4 Å². The molecule has 0 bridgehead atoms. The minimum Gasteiger partial charge on any atom is -0.493 e. The summed E-state index contributed by atoms with van der Waals surface area (Å²) >= 11 is 0. The second-order valence-electron chi connectivity index (χ2n) is 3.32. The summed E-state index contributed by atoms with van der Waals surface area (Å²) < 4.78 is 16.0. The van der Waals surface area contributed by atoms with Gasteiger partial charge in [0.05, 0.1) is 14.2 Å². The number of methoxy groups -OCH3 is 2. The number of ether oxygens (including phenoxy) is 3. The highest BCUT2D eigenvalue weighted by Crippen LogP contribution is 2.36. The standard InChI is InChI=1S/C11H18N2O3/c1-13(12)7-8-16-11-9(14-2)5-4-6-10(11)15-3/h4-6H,7-8,12H2,1-3H3. The summed E-state index contributed by atoms with van der Waals surface area (Å²) in [6.07, 6.45) is 0. The Morgan fingerprint density at radius 2 is 1.75 bits per heavy atom. The lowest BCUT2D eigenvalue weighted by Crippen LogP contribution is -2.30. The molecular weight excluding hydrogens is 208 g/mol. The van der Waals surface area contributed by atoms with Crippen molar-refractivity contribution >= 4 is 0 Å².